The van der Waals surface area contributed by atoms with Crippen molar-refractivity contribution in [1.29, 1.82) is 5.26 Å². The molecule has 1 aromatic carbocycles. The molecule has 2 amide bonds. The second kappa shape index (κ2) is 6.20. The largest absolute Gasteiger partial charge is 0.369 e. The first-order chi connectivity index (χ1) is 9.60. The van der Waals surface area contributed by atoms with Crippen molar-refractivity contribution in [2.24, 2.45) is 11.7 Å². The van der Waals surface area contributed by atoms with Crippen molar-refractivity contribution in [3.8, 4) is 6.07 Å². The molecule has 1 aromatic rings. The SMILES string of the molecule is N#Cc1ccc(CC(=O)N2CCCC(C(N)=O)C2)cc1. The highest BCUT2D eigenvalue weighted by Crippen LogP contribution is 2.17. The van der Waals surface area contributed by atoms with E-state index in [1.54, 1.807) is 29.2 Å². The molecule has 0 radical (unpaired) electrons. The zero-order valence-electron chi connectivity index (χ0n) is 11.2. The lowest BCUT2D eigenvalue weighted by Crippen LogP contribution is -2.44. The number of amides is 2. The minimum atomic E-state index is -0.333. The van der Waals surface area contributed by atoms with Gasteiger partial charge in [-0.3, -0.25) is 9.59 Å². The first-order valence-corrected chi connectivity index (χ1v) is 6.66. The Morgan fingerprint density at radius 1 is 1.35 bits per heavy atom. The van der Waals surface area contributed by atoms with Gasteiger partial charge in [-0.1, -0.05) is 12.1 Å². The zero-order chi connectivity index (χ0) is 14.5. The van der Waals surface area contributed by atoms with Crippen LogP contribution in [0.5, 0.6) is 0 Å². The molecule has 1 unspecified atom stereocenters. The molecule has 2 N–H and O–H groups in total. The molecular weight excluding hydrogens is 254 g/mol. The minimum Gasteiger partial charge on any atom is -0.369 e. The summed E-state index contributed by atoms with van der Waals surface area (Å²) in [6.07, 6.45) is 1.86. The molecule has 20 heavy (non-hydrogen) atoms. The Balaban J connectivity index is 1.97. The maximum absolute atomic E-state index is 12.2. The van der Waals surface area contributed by atoms with Crippen LogP contribution in [0.3, 0.4) is 0 Å². The van der Waals surface area contributed by atoms with E-state index < -0.39 is 0 Å². The fourth-order valence-electron chi connectivity index (χ4n) is 2.42. The Bertz CT molecular complexity index is 545. The van der Waals surface area contributed by atoms with E-state index >= 15 is 0 Å². The van der Waals surface area contributed by atoms with E-state index in [-0.39, 0.29) is 24.2 Å². The lowest BCUT2D eigenvalue weighted by Gasteiger charge is -2.31. The van der Waals surface area contributed by atoms with Crippen molar-refractivity contribution in [2.75, 3.05) is 13.1 Å². The van der Waals surface area contributed by atoms with Crippen molar-refractivity contribution in [3.63, 3.8) is 0 Å². The first kappa shape index (κ1) is 14.1. The van der Waals surface area contributed by atoms with Crippen LogP contribution in [0.15, 0.2) is 24.3 Å². The van der Waals surface area contributed by atoms with Gasteiger partial charge in [0, 0.05) is 13.1 Å². The number of likely N-dealkylation sites (tertiary alicyclic amines) is 1. The number of nitrogens with zero attached hydrogens (tertiary/aromatic N) is 2. The number of benzene rings is 1. The molecule has 1 fully saturated rings. The topological polar surface area (TPSA) is 87.2 Å². The van der Waals surface area contributed by atoms with Gasteiger partial charge in [-0.25, -0.2) is 0 Å². The van der Waals surface area contributed by atoms with Crippen molar-refractivity contribution in [3.05, 3.63) is 35.4 Å². The van der Waals surface area contributed by atoms with Crippen LogP contribution in [-0.4, -0.2) is 29.8 Å². The van der Waals surface area contributed by atoms with Gasteiger partial charge in [0.1, 0.15) is 0 Å². The lowest BCUT2D eigenvalue weighted by molar-refractivity contribution is -0.134. The summed E-state index contributed by atoms with van der Waals surface area (Å²) in [4.78, 5) is 25.1. The Labute approximate surface area is 118 Å². The Hall–Kier alpha value is -2.35. The quantitative estimate of drug-likeness (QED) is 0.883. The lowest BCUT2D eigenvalue weighted by atomic mass is 9.97. The van der Waals surface area contributed by atoms with Crippen LogP contribution >= 0.6 is 0 Å². The zero-order valence-corrected chi connectivity index (χ0v) is 11.2. The summed E-state index contributed by atoms with van der Waals surface area (Å²) < 4.78 is 0. The number of nitriles is 1. The molecule has 0 saturated carbocycles. The van der Waals surface area contributed by atoms with Crippen LogP contribution in [0, 0.1) is 17.2 Å². The normalized spacial score (nSPS) is 18.4. The van der Waals surface area contributed by atoms with Gasteiger partial charge in [0.25, 0.3) is 0 Å². The Morgan fingerprint density at radius 2 is 2.05 bits per heavy atom. The fourth-order valence-corrected chi connectivity index (χ4v) is 2.42. The molecule has 0 aliphatic carbocycles. The molecule has 0 aromatic heterocycles. The summed E-state index contributed by atoms with van der Waals surface area (Å²) >= 11 is 0. The van der Waals surface area contributed by atoms with Gasteiger partial charge in [0.2, 0.25) is 11.8 Å². The minimum absolute atomic E-state index is 0.000609. The van der Waals surface area contributed by atoms with Crippen molar-refractivity contribution < 1.29 is 9.59 Å². The maximum atomic E-state index is 12.2. The van der Waals surface area contributed by atoms with Gasteiger partial charge in [-0.05, 0) is 30.5 Å². The molecule has 1 aliphatic heterocycles. The van der Waals surface area contributed by atoms with Crippen molar-refractivity contribution in [2.45, 2.75) is 19.3 Å². The Kier molecular flexibility index (Phi) is 4.36. The average Bonchev–Trinajstić information content (AvgIpc) is 2.48. The van der Waals surface area contributed by atoms with E-state index in [9.17, 15) is 9.59 Å². The highest BCUT2D eigenvalue weighted by Gasteiger charge is 2.26. The Morgan fingerprint density at radius 3 is 2.65 bits per heavy atom. The summed E-state index contributed by atoms with van der Waals surface area (Å²) in [7, 11) is 0. The molecule has 5 heteroatoms. The van der Waals surface area contributed by atoms with E-state index in [1.165, 1.54) is 0 Å². The van der Waals surface area contributed by atoms with Crippen LogP contribution in [0.2, 0.25) is 0 Å². The smallest absolute Gasteiger partial charge is 0.227 e. The second-order valence-electron chi connectivity index (χ2n) is 5.07. The number of piperidine rings is 1. The molecular formula is C15H17N3O2. The average molecular weight is 271 g/mol. The first-order valence-electron chi connectivity index (χ1n) is 6.66. The van der Waals surface area contributed by atoms with Gasteiger partial charge < -0.3 is 10.6 Å². The maximum Gasteiger partial charge on any atom is 0.227 e. The summed E-state index contributed by atoms with van der Waals surface area (Å²) in [5.41, 5.74) is 6.75. The molecule has 1 heterocycles. The molecule has 2 rings (SSSR count). The number of carbonyl (C=O) groups is 2. The summed E-state index contributed by atoms with van der Waals surface area (Å²) in [5, 5.41) is 8.73. The van der Waals surface area contributed by atoms with E-state index in [0.29, 0.717) is 18.7 Å². The fraction of sp³-hybridized carbons (Fsp3) is 0.400. The molecule has 1 saturated heterocycles. The van der Waals surface area contributed by atoms with Crippen LogP contribution in [0.4, 0.5) is 0 Å². The predicted molar refractivity (Wildman–Crippen MR) is 73.4 cm³/mol. The van der Waals surface area contributed by atoms with Gasteiger partial charge >= 0.3 is 0 Å². The second-order valence-corrected chi connectivity index (χ2v) is 5.07. The van der Waals surface area contributed by atoms with Gasteiger partial charge in [-0.2, -0.15) is 5.26 Å². The number of nitrogens with two attached hydrogens (primary N) is 1. The molecule has 5 nitrogen and oxygen atoms in total. The van der Waals surface area contributed by atoms with E-state index in [1.807, 2.05) is 6.07 Å². The number of hydrogen-bond acceptors (Lipinski definition) is 3. The summed E-state index contributed by atoms with van der Waals surface area (Å²) in [6.45, 7) is 1.10. The van der Waals surface area contributed by atoms with E-state index in [2.05, 4.69) is 0 Å². The summed E-state index contributed by atoms with van der Waals surface area (Å²) in [5.74, 6) is -0.560. The van der Waals surface area contributed by atoms with Crippen LogP contribution in [-0.2, 0) is 16.0 Å². The van der Waals surface area contributed by atoms with Gasteiger partial charge in [0.15, 0.2) is 0 Å². The summed E-state index contributed by atoms with van der Waals surface area (Å²) in [6, 6.07) is 9.01. The van der Waals surface area contributed by atoms with Crippen LogP contribution < -0.4 is 5.73 Å². The monoisotopic (exact) mass is 271 g/mol. The molecule has 104 valence electrons. The highest BCUT2D eigenvalue weighted by atomic mass is 16.2. The third kappa shape index (κ3) is 3.35. The van der Waals surface area contributed by atoms with Crippen LogP contribution in [0.1, 0.15) is 24.0 Å². The van der Waals surface area contributed by atoms with Crippen LogP contribution in [0.25, 0.3) is 0 Å². The third-order valence-electron chi connectivity index (χ3n) is 3.61. The predicted octanol–water partition coefficient (Wildman–Crippen LogP) is 0.825. The number of primary amides is 1. The standard InChI is InChI=1S/C15H17N3O2/c16-9-12-5-3-11(4-6-12)8-14(19)18-7-1-2-13(10-18)15(17)20/h3-6,13H,1-2,7-8,10H2,(H2,17,20). The number of carbonyl (C=O) groups excluding carboxylic acids is 2. The molecule has 0 bridgehead atoms. The molecule has 0 spiro atoms. The van der Waals surface area contributed by atoms with Gasteiger partial charge in [-0.15, -0.1) is 0 Å². The van der Waals surface area contributed by atoms with Crippen molar-refractivity contribution in [1.82, 2.24) is 4.90 Å². The number of rotatable bonds is 3. The van der Waals surface area contributed by atoms with E-state index in [0.717, 1.165) is 18.4 Å². The highest BCUT2D eigenvalue weighted by molar-refractivity contribution is 5.81. The molecule has 1 atom stereocenters. The van der Waals surface area contributed by atoms with E-state index in [4.69, 9.17) is 11.0 Å². The van der Waals surface area contributed by atoms with Gasteiger partial charge in [0.05, 0.1) is 24.0 Å². The number of hydrogen-bond donors (Lipinski definition) is 1. The third-order valence-corrected chi connectivity index (χ3v) is 3.61. The molecule has 1 aliphatic rings. The van der Waals surface area contributed by atoms with Crippen molar-refractivity contribution >= 4 is 11.8 Å².